The summed E-state index contributed by atoms with van der Waals surface area (Å²) in [5.41, 5.74) is 1.12. The number of aryl methyl sites for hydroxylation is 1. The van der Waals surface area contributed by atoms with Crippen LogP contribution in [-0.4, -0.2) is 15.8 Å². The van der Waals surface area contributed by atoms with E-state index in [1.807, 2.05) is 36.0 Å². The van der Waals surface area contributed by atoms with E-state index >= 15 is 0 Å². The van der Waals surface area contributed by atoms with Crippen molar-refractivity contribution in [3.05, 3.63) is 41.2 Å². The van der Waals surface area contributed by atoms with Gasteiger partial charge in [0.2, 0.25) is 0 Å². The van der Waals surface area contributed by atoms with Crippen LogP contribution < -0.4 is 10.1 Å². The Hall–Kier alpha value is -1.52. The third kappa shape index (κ3) is 3.32. The minimum atomic E-state index is 0.668. The molecule has 1 aliphatic rings. The number of benzene rings is 1. The molecule has 2 aromatic rings. The van der Waals surface area contributed by atoms with E-state index in [0.717, 1.165) is 30.2 Å². The van der Waals surface area contributed by atoms with Crippen molar-refractivity contribution in [1.82, 2.24) is 15.1 Å². The second kappa shape index (κ2) is 5.85. The molecule has 1 fully saturated rings. The van der Waals surface area contributed by atoms with Gasteiger partial charge in [-0.15, -0.1) is 0 Å². The van der Waals surface area contributed by atoms with E-state index in [1.165, 1.54) is 12.8 Å². The predicted molar refractivity (Wildman–Crippen MR) is 79.3 cm³/mol. The van der Waals surface area contributed by atoms with Crippen LogP contribution in [0.25, 0.3) is 0 Å². The van der Waals surface area contributed by atoms with Crippen molar-refractivity contribution in [3.8, 4) is 11.5 Å². The van der Waals surface area contributed by atoms with Crippen LogP contribution in [0.3, 0.4) is 0 Å². The largest absolute Gasteiger partial charge is 0.454 e. The first-order valence-corrected chi connectivity index (χ1v) is 7.34. The van der Waals surface area contributed by atoms with Gasteiger partial charge in [0.1, 0.15) is 5.75 Å². The third-order valence-corrected chi connectivity index (χ3v) is 3.58. The Kier molecular flexibility index (Phi) is 3.94. The summed E-state index contributed by atoms with van der Waals surface area (Å²) in [7, 11) is 0. The van der Waals surface area contributed by atoms with Crippen molar-refractivity contribution in [2.45, 2.75) is 38.9 Å². The Morgan fingerprint density at radius 3 is 3.00 bits per heavy atom. The van der Waals surface area contributed by atoms with E-state index in [4.69, 9.17) is 16.3 Å². The minimum Gasteiger partial charge on any atom is -0.454 e. The molecule has 20 heavy (non-hydrogen) atoms. The Morgan fingerprint density at radius 1 is 1.45 bits per heavy atom. The molecule has 106 valence electrons. The van der Waals surface area contributed by atoms with Crippen LogP contribution in [0, 0.1) is 0 Å². The fourth-order valence-corrected chi connectivity index (χ4v) is 2.17. The molecule has 1 aromatic carbocycles. The SMILES string of the molecule is CCn1cc(Oc2cc(Cl)ccc2CNC2CC2)cn1. The minimum absolute atomic E-state index is 0.668. The molecular formula is C15H18ClN3O. The van der Waals surface area contributed by atoms with Crippen molar-refractivity contribution < 1.29 is 4.74 Å². The fourth-order valence-electron chi connectivity index (χ4n) is 2.01. The molecule has 0 saturated heterocycles. The molecule has 0 radical (unpaired) electrons. The van der Waals surface area contributed by atoms with Crippen molar-refractivity contribution in [2.24, 2.45) is 0 Å². The summed E-state index contributed by atoms with van der Waals surface area (Å²) in [4.78, 5) is 0. The molecule has 1 heterocycles. The average molecular weight is 292 g/mol. The lowest BCUT2D eigenvalue weighted by molar-refractivity contribution is 0.471. The molecule has 0 unspecified atom stereocenters. The molecule has 1 aliphatic carbocycles. The highest BCUT2D eigenvalue weighted by atomic mass is 35.5. The molecule has 1 aromatic heterocycles. The lowest BCUT2D eigenvalue weighted by Gasteiger charge is -2.11. The van der Waals surface area contributed by atoms with Crippen LogP contribution in [-0.2, 0) is 13.1 Å². The van der Waals surface area contributed by atoms with Crippen LogP contribution in [0.5, 0.6) is 11.5 Å². The maximum atomic E-state index is 6.07. The maximum Gasteiger partial charge on any atom is 0.165 e. The number of nitrogens with zero attached hydrogens (tertiary/aromatic N) is 2. The zero-order valence-electron chi connectivity index (χ0n) is 11.5. The lowest BCUT2D eigenvalue weighted by Crippen LogP contribution is -2.15. The van der Waals surface area contributed by atoms with Gasteiger partial charge in [-0.25, -0.2) is 0 Å². The number of ether oxygens (including phenoxy) is 1. The molecular weight excluding hydrogens is 274 g/mol. The van der Waals surface area contributed by atoms with Crippen molar-refractivity contribution >= 4 is 11.6 Å². The summed E-state index contributed by atoms with van der Waals surface area (Å²) in [6.07, 6.45) is 6.15. The third-order valence-electron chi connectivity index (χ3n) is 3.35. The highest BCUT2D eigenvalue weighted by Crippen LogP contribution is 2.29. The fraction of sp³-hybridized carbons (Fsp3) is 0.400. The zero-order valence-corrected chi connectivity index (χ0v) is 12.2. The van der Waals surface area contributed by atoms with E-state index in [0.29, 0.717) is 11.1 Å². The molecule has 0 bridgehead atoms. The number of hydrogen-bond acceptors (Lipinski definition) is 3. The normalized spacial score (nSPS) is 14.5. The molecule has 1 N–H and O–H groups in total. The number of nitrogens with one attached hydrogen (secondary N) is 1. The van der Waals surface area contributed by atoms with Crippen molar-refractivity contribution in [3.63, 3.8) is 0 Å². The quantitative estimate of drug-likeness (QED) is 0.884. The predicted octanol–water partition coefficient (Wildman–Crippen LogP) is 3.60. The van der Waals surface area contributed by atoms with Crippen molar-refractivity contribution in [1.29, 1.82) is 0 Å². The van der Waals surface area contributed by atoms with Crippen LogP contribution in [0.15, 0.2) is 30.6 Å². The summed E-state index contributed by atoms with van der Waals surface area (Å²) < 4.78 is 7.75. The van der Waals surface area contributed by atoms with Gasteiger partial charge in [0.15, 0.2) is 5.75 Å². The van der Waals surface area contributed by atoms with Crippen LogP contribution in [0.1, 0.15) is 25.3 Å². The van der Waals surface area contributed by atoms with Gasteiger partial charge >= 0.3 is 0 Å². The molecule has 0 atom stereocenters. The first-order valence-electron chi connectivity index (χ1n) is 6.96. The Bertz CT molecular complexity index is 593. The first-order chi connectivity index (χ1) is 9.74. The topological polar surface area (TPSA) is 39.1 Å². The number of hydrogen-bond donors (Lipinski definition) is 1. The summed E-state index contributed by atoms with van der Waals surface area (Å²) >= 11 is 6.07. The molecule has 1 saturated carbocycles. The molecule has 0 spiro atoms. The molecule has 0 aliphatic heterocycles. The Morgan fingerprint density at radius 2 is 2.30 bits per heavy atom. The number of rotatable bonds is 6. The second-order valence-corrected chi connectivity index (χ2v) is 5.48. The summed E-state index contributed by atoms with van der Waals surface area (Å²) in [6, 6.07) is 6.43. The van der Waals surface area contributed by atoms with E-state index in [2.05, 4.69) is 10.4 Å². The van der Waals surface area contributed by atoms with Gasteiger partial charge < -0.3 is 10.1 Å². The van der Waals surface area contributed by atoms with E-state index in [1.54, 1.807) is 6.20 Å². The van der Waals surface area contributed by atoms with Gasteiger partial charge in [0.25, 0.3) is 0 Å². The maximum absolute atomic E-state index is 6.07. The van der Waals surface area contributed by atoms with Gasteiger partial charge in [-0.05, 0) is 31.9 Å². The van der Waals surface area contributed by atoms with Crippen molar-refractivity contribution in [2.75, 3.05) is 0 Å². The number of aromatic nitrogens is 2. The van der Waals surface area contributed by atoms with Gasteiger partial charge in [0, 0.05) is 29.7 Å². The lowest BCUT2D eigenvalue weighted by atomic mass is 10.2. The van der Waals surface area contributed by atoms with E-state index in [9.17, 15) is 0 Å². The van der Waals surface area contributed by atoms with Crippen LogP contribution in [0.2, 0.25) is 5.02 Å². The molecule has 4 nitrogen and oxygen atoms in total. The van der Waals surface area contributed by atoms with E-state index < -0.39 is 0 Å². The van der Waals surface area contributed by atoms with Crippen LogP contribution >= 0.6 is 11.6 Å². The monoisotopic (exact) mass is 291 g/mol. The summed E-state index contributed by atoms with van der Waals surface area (Å²) in [5.74, 6) is 1.53. The number of halogens is 1. The van der Waals surface area contributed by atoms with Gasteiger partial charge in [-0.2, -0.15) is 5.10 Å². The van der Waals surface area contributed by atoms with E-state index in [-0.39, 0.29) is 0 Å². The highest BCUT2D eigenvalue weighted by molar-refractivity contribution is 6.30. The summed E-state index contributed by atoms with van der Waals surface area (Å²) in [6.45, 7) is 3.68. The van der Waals surface area contributed by atoms with Gasteiger partial charge in [-0.3, -0.25) is 4.68 Å². The Balaban J connectivity index is 1.76. The molecule has 5 heteroatoms. The second-order valence-electron chi connectivity index (χ2n) is 5.04. The first kappa shape index (κ1) is 13.5. The standard InChI is InChI=1S/C15H18ClN3O/c1-2-19-10-14(9-18-19)20-15-7-12(16)4-3-11(15)8-17-13-5-6-13/h3-4,7,9-10,13,17H,2,5-6,8H2,1H3. The molecule has 3 rings (SSSR count). The Labute approximate surface area is 123 Å². The summed E-state index contributed by atoms with van der Waals surface area (Å²) in [5, 5.41) is 8.38. The van der Waals surface area contributed by atoms with Gasteiger partial charge in [-0.1, -0.05) is 17.7 Å². The highest BCUT2D eigenvalue weighted by Gasteiger charge is 2.20. The smallest absolute Gasteiger partial charge is 0.165 e. The molecule has 0 amide bonds. The van der Waals surface area contributed by atoms with Gasteiger partial charge in [0.05, 0.1) is 12.4 Å². The zero-order chi connectivity index (χ0) is 13.9. The average Bonchev–Trinajstić information content (AvgIpc) is 3.16. The van der Waals surface area contributed by atoms with Crippen LogP contribution in [0.4, 0.5) is 0 Å².